The zero-order valence-corrected chi connectivity index (χ0v) is 51.3. The highest BCUT2D eigenvalue weighted by molar-refractivity contribution is 6.30. The number of carbonyl (C=O) groups excluding carboxylic acids is 5. The number of aromatic amines is 1. The number of nitrogens with two attached hydrogens (primary N) is 1. The van der Waals surface area contributed by atoms with Gasteiger partial charge in [-0.25, -0.2) is 18.7 Å². The van der Waals surface area contributed by atoms with E-state index in [2.05, 4.69) is 45.6 Å². The summed E-state index contributed by atoms with van der Waals surface area (Å²) in [5.74, 6) is -0.811. The second-order valence-electron chi connectivity index (χ2n) is 25.3. The highest BCUT2D eigenvalue weighted by atomic mass is 35.5. The highest BCUT2D eigenvalue weighted by Gasteiger charge is 2.41. The van der Waals surface area contributed by atoms with Gasteiger partial charge in [-0.3, -0.25) is 33.8 Å². The van der Waals surface area contributed by atoms with E-state index >= 15 is 0 Å². The van der Waals surface area contributed by atoms with Gasteiger partial charge in [0, 0.05) is 126 Å². The Morgan fingerprint density at radius 1 is 0.727 bits per heavy atom. The molecular weight excluding hydrogens is 1140 g/mol. The van der Waals surface area contributed by atoms with E-state index in [-0.39, 0.29) is 78.3 Å². The van der Waals surface area contributed by atoms with Crippen molar-refractivity contribution in [1.82, 2.24) is 55.4 Å². The molecule has 0 spiro atoms. The molecule has 1 unspecified atom stereocenters. The first-order valence-electron chi connectivity index (χ1n) is 32.1. The van der Waals surface area contributed by atoms with Crippen molar-refractivity contribution in [3.05, 3.63) is 124 Å². The van der Waals surface area contributed by atoms with Crippen LogP contribution in [0.1, 0.15) is 129 Å². The lowest BCUT2D eigenvalue weighted by Crippen LogP contribution is -2.60. The zero-order chi connectivity index (χ0) is 61.2. The van der Waals surface area contributed by atoms with Crippen LogP contribution in [0.2, 0.25) is 5.02 Å². The van der Waals surface area contributed by atoms with Crippen LogP contribution in [0, 0.1) is 17.6 Å². The maximum atomic E-state index is 14.5. The fourth-order valence-corrected chi connectivity index (χ4v) is 14.2. The van der Waals surface area contributed by atoms with Crippen LogP contribution in [0.4, 0.5) is 14.6 Å². The number of likely N-dealkylation sites (tertiary alicyclic amines) is 3. The summed E-state index contributed by atoms with van der Waals surface area (Å²) in [6.45, 7) is 8.98. The number of nitrogens with one attached hydrogen (secondary N) is 4. The van der Waals surface area contributed by atoms with E-state index in [0.29, 0.717) is 88.8 Å². The minimum Gasteiger partial charge on any atom is -0.375 e. The number of rotatable bonds is 20. The number of amides is 5. The fraction of sp³-hybridized carbons (Fsp3) is 0.561. The molecule has 6 fully saturated rings. The van der Waals surface area contributed by atoms with Crippen molar-refractivity contribution in [2.24, 2.45) is 11.7 Å². The minimum absolute atomic E-state index is 0.0202. The van der Waals surface area contributed by atoms with Gasteiger partial charge in [0.15, 0.2) is 0 Å². The molecule has 6 N–H and O–H groups in total. The minimum atomic E-state index is -1.03. The number of H-pyrrole nitrogens is 1. The third kappa shape index (κ3) is 15.9. The summed E-state index contributed by atoms with van der Waals surface area (Å²) in [6.07, 6.45) is 14.9. The molecular formula is C66H86ClF2N13O6. The van der Waals surface area contributed by atoms with Crippen molar-refractivity contribution in [2.45, 2.75) is 132 Å². The number of benzene rings is 3. The summed E-state index contributed by atoms with van der Waals surface area (Å²) in [4.78, 5) is 94.2. The zero-order valence-electron chi connectivity index (χ0n) is 50.5. The third-order valence-corrected chi connectivity index (χ3v) is 19.7. The number of fused-ring (bicyclic) bond motifs is 1. The number of piperazine rings is 1. The largest absolute Gasteiger partial charge is 0.375 e. The van der Waals surface area contributed by atoms with Crippen LogP contribution < -0.4 is 26.6 Å². The predicted octanol–water partition coefficient (Wildman–Crippen LogP) is 6.93. The van der Waals surface area contributed by atoms with Gasteiger partial charge >= 0.3 is 0 Å². The van der Waals surface area contributed by atoms with Gasteiger partial charge in [-0.05, 0) is 124 Å². The van der Waals surface area contributed by atoms with E-state index in [0.717, 1.165) is 137 Å². The molecule has 6 aliphatic rings. The van der Waals surface area contributed by atoms with Crippen molar-refractivity contribution in [3.8, 4) is 0 Å². The summed E-state index contributed by atoms with van der Waals surface area (Å²) in [6, 6.07) is 19.7. The first-order chi connectivity index (χ1) is 42.7. The van der Waals surface area contributed by atoms with Crippen LogP contribution in [0.25, 0.3) is 11.0 Å². The standard InChI is InChI=1S/C66H86ClF2N13O6/c67-51-14-11-45(12-15-51)57(75-65(87)66(70)23-32-80(33-24-66)62-55-17-25-72-61(55)73-44-74-62)22-29-77-34-36-79(37-35-77)59(84)43-78-27-18-53(19-28-78)88-54-20-30-81(31-21-54)64(86)60(46-6-2-1-3-7-46)76-63(85)48-9-4-8-47(38-48)50-10-5-26-82(42-50)58(83)41-71-40-49-13-16-52(68)39-56(49)69/h4,8-9,11-17,25,38-39,44,46,50,53-54,57,60,71H,1-3,5-7,10,18-24,26-37,40-43,70H2,(H,75,87)(H,76,85)(H,72,73,74)/t50?,57-,60+/m0/s1. The molecule has 2 aromatic heterocycles. The maximum Gasteiger partial charge on any atom is 0.251 e. The Morgan fingerprint density at radius 3 is 2.20 bits per heavy atom. The van der Waals surface area contributed by atoms with Gasteiger partial charge in [-0.15, -0.1) is 0 Å². The Morgan fingerprint density at radius 2 is 1.47 bits per heavy atom. The van der Waals surface area contributed by atoms with Crippen molar-refractivity contribution < 1.29 is 37.5 Å². The number of nitrogens with zero attached hydrogens (tertiary/aromatic N) is 8. The van der Waals surface area contributed by atoms with Gasteiger partial charge in [0.1, 0.15) is 35.5 Å². The van der Waals surface area contributed by atoms with E-state index in [4.69, 9.17) is 22.1 Å². The lowest BCUT2D eigenvalue weighted by molar-refractivity contribution is -0.140. The molecule has 0 radical (unpaired) electrons. The number of aromatic nitrogens is 3. The molecule has 1 saturated carbocycles. The van der Waals surface area contributed by atoms with Gasteiger partial charge in [-0.1, -0.05) is 61.2 Å². The lowest BCUT2D eigenvalue weighted by atomic mass is 9.83. The van der Waals surface area contributed by atoms with E-state index in [1.54, 1.807) is 17.3 Å². The van der Waals surface area contributed by atoms with Gasteiger partial charge in [-0.2, -0.15) is 0 Å². The molecule has 22 heteroatoms. The number of anilines is 1. The van der Waals surface area contributed by atoms with E-state index in [1.807, 2.05) is 64.5 Å². The first kappa shape index (κ1) is 63.0. The predicted molar refractivity (Wildman–Crippen MR) is 333 cm³/mol. The normalized spacial score (nSPS) is 21.1. The summed E-state index contributed by atoms with van der Waals surface area (Å²) < 4.78 is 34.2. The number of ether oxygens (including phenoxy) is 1. The topological polar surface area (TPSA) is 218 Å². The SMILES string of the molecule is NC1(C(=O)N[C@@H](CCN2CCN(C(=O)CN3CCC(OC4CCN(C(=O)[C@H](NC(=O)c5cccc(C6CCCN(C(=O)CNCc7ccc(F)cc7F)C6)c5)C5CCCCC5)CC4)CC3)CC2)c2ccc(Cl)cc2)CCN(c2ncnc3[nH]ccc23)CC1. The van der Waals surface area contributed by atoms with Gasteiger partial charge in [0.25, 0.3) is 5.91 Å². The Kier molecular flexibility index (Phi) is 21.0. The number of halogens is 3. The molecule has 5 aliphatic heterocycles. The Bertz CT molecular complexity index is 3190. The molecule has 0 bridgehead atoms. The van der Waals surface area contributed by atoms with Gasteiger partial charge < -0.3 is 51.0 Å². The number of hydrogen-bond acceptors (Lipinski definition) is 13. The van der Waals surface area contributed by atoms with Crippen LogP contribution in [-0.2, 0) is 30.5 Å². The molecule has 7 heterocycles. The average Bonchev–Trinajstić information content (AvgIpc) is 3.66. The summed E-state index contributed by atoms with van der Waals surface area (Å²) in [7, 11) is 0. The fourth-order valence-electron chi connectivity index (χ4n) is 14.0. The van der Waals surface area contributed by atoms with E-state index < -0.39 is 23.2 Å². The summed E-state index contributed by atoms with van der Waals surface area (Å²) >= 11 is 6.29. The van der Waals surface area contributed by atoms with Crippen LogP contribution in [-0.4, -0.2) is 191 Å². The Balaban J connectivity index is 0.593. The summed E-state index contributed by atoms with van der Waals surface area (Å²) in [5.41, 5.74) is 9.35. The molecule has 5 amide bonds. The third-order valence-electron chi connectivity index (χ3n) is 19.5. The average molecular weight is 1230 g/mol. The quantitative estimate of drug-likeness (QED) is 0.0535. The maximum absolute atomic E-state index is 14.5. The van der Waals surface area contributed by atoms with E-state index in [9.17, 15) is 32.8 Å². The van der Waals surface area contributed by atoms with Crippen molar-refractivity contribution in [2.75, 3.05) is 103 Å². The van der Waals surface area contributed by atoms with Crippen LogP contribution >= 0.6 is 11.6 Å². The molecule has 11 rings (SSSR count). The van der Waals surface area contributed by atoms with Crippen molar-refractivity contribution in [1.29, 1.82) is 0 Å². The second kappa shape index (κ2) is 29.3. The monoisotopic (exact) mass is 1230 g/mol. The first-order valence-corrected chi connectivity index (χ1v) is 32.5. The lowest BCUT2D eigenvalue weighted by Gasteiger charge is -2.40. The highest BCUT2D eigenvalue weighted by Crippen LogP contribution is 2.33. The molecule has 5 saturated heterocycles. The number of carbonyl (C=O) groups is 5. The molecule has 3 aromatic carbocycles. The summed E-state index contributed by atoms with van der Waals surface area (Å²) in [5, 5.41) is 11.1. The van der Waals surface area contributed by atoms with Crippen molar-refractivity contribution >= 4 is 58.0 Å². The van der Waals surface area contributed by atoms with Gasteiger partial charge in [0.05, 0.1) is 42.3 Å². The smallest absolute Gasteiger partial charge is 0.251 e. The molecule has 3 atom stereocenters. The van der Waals surface area contributed by atoms with Crippen LogP contribution in [0.5, 0.6) is 0 Å². The second-order valence-corrected chi connectivity index (χ2v) is 25.7. The Labute approximate surface area is 519 Å². The molecule has 88 heavy (non-hydrogen) atoms. The van der Waals surface area contributed by atoms with Crippen LogP contribution in [0.15, 0.2) is 85.3 Å². The van der Waals surface area contributed by atoms with Crippen molar-refractivity contribution in [3.63, 3.8) is 0 Å². The van der Waals surface area contributed by atoms with Crippen LogP contribution in [0.3, 0.4) is 0 Å². The van der Waals surface area contributed by atoms with E-state index in [1.165, 1.54) is 12.1 Å². The number of piperidine rings is 4. The molecule has 1 aliphatic carbocycles. The molecule has 472 valence electrons. The molecule has 19 nitrogen and oxygen atoms in total. The number of hydrogen-bond donors (Lipinski definition) is 5. The molecule has 5 aromatic rings. The Hall–Kier alpha value is -6.62. The van der Waals surface area contributed by atoms with Gasteiger partial charge in [0.2, 0.25) is 23.6 Å².